The Morgan fingerprint density at radius 2 is 1.64 bits per heavy atom. The quantitative estimate of drug-likeness (QED) is 0.492. The van der Waals surface area contributed by atoms with E-state index in [9.17, 15) is 34.5 Å². The van der Waals surface area contributed by atoms with Gasteiger partial charge in [-0.15, -0.1) is 0 Å². The van der Waals surface area contributed by atoms with Crippen LogP contribution < -0.4 is 0 Å². The first-order chi connectivity index (χ1) is 16.9. The highest BCUT2D eigenvalue weighted by atomic mass is 16.4. The summed E-state index contributed by atoms with van der Waals surface area (Å²) in [6, 6.07) is -0.968. The number of amides is 2. The first kappa shape index (κ1) is 25.8. The van der Waals surface area contributed by atoms with Crippen LogP contribution in [0.4, 0.5) is 0 Å². The first-order valence-electron chi connectivity index (χ1n) is 13.9. The predicted octanol–water partition coefficient (Wildman–Crippen LogP) is 2.78. The third kappa shape index (κ3) is 3.53. The number of rotatable bonds is 5. The van der Waals surface area contributed by atoms with Crippen molar-refractivity contribution >= 4 is 23.6 Å². The van der Waals surface area contributed by atoms with Crippen LogP contribution >= 0.6 is 0 Å². The van der Waals surface area contributed by atoms with Crippen molar-refractivity contribution < 1.29 is 34.5 Å². The summed E-state index contributed by atoms with van der Waals surface area (Å²) in [7, 11) is 0. The third-order valence-corrected chi connectivity index (χ3v) is 11.7. The van der Waals surface area contributed by atoms with Crippen molar-refractivity contribution in [2.24, 2.45) is 46.3 Å². The molecule has 3 N–H and O–H groups in total. The van der Waals surface area contributed by atoms with Crippen LogP contribution in [0.3, 0.4) is 0 Å². The maximum atomic E-state index is 13.5. The molecule has 1 unspecified atom stereocenters. The highest BCUT2D eigenvalue weighted by Gasteiger charge is 2.68. The summed E-state index contributed by atoms with van der Waals surface area (Å²) in [5, 5.41) is 31.6. The molecule has 11 atom stereocenters. The number of aliphatic hydroxyl groups is 2. The Bertz CT molecular complexity index is 950. The Morgan fingerprint density at radius 3 is 2.28 bits per heavy atom. The number of carboxylic acid groups (broad SMARTS) is 1. The first-order valence-corrected chi connectivity index (χ1v) is 13.9. The zero-order valence-corrected chi connectivity index (χ0v) is 21.7. The van der Waals surface area contributed by atoms with Crippen molar-refractivity contribution in [3.05, 3.63) is 0 Å². The molecule has 5 fully saturated rings. The lowest BCUT2D eigenvalue weighted by Gasteiger charge is -2.64. The molecule has 1 saturated heterocycles. The van der Waals surface area contributed by atoms with Crippen LogP contribution in [0.5, 0.6) is 0 Å². The molecule has 1 aliphatic heterocycles. The number of likely N-dealkylation sites (tertiary alicyclic amines) is 1. The van der Waals surface area contributed by atoms with Gasteiger partial charge in [0.25, 0.3) is 0 Å². The molecule has 4 saturated carbocycles. The summed E-state index contributed by atoms with van der Waals surface area (Å²) in [6.07, 6.45) is 3.69. The lowest BCUT2D eigenvalue weighted by atomic mass is 9.42. The van der Waals surface area contributed by atoms with Crippen molar-refractivity contribution in [3.63, 3.8) is 0 Å². The standard InChI is InChI=1S/C28H41NO7/c1-14(4-11-24(34)35)17-7-8-18-16-6-5-15-12-20(30)25(36)26(29-22(32)9-10-23(29)33)27(15,2)19(16)13-21(31)28(17,18)3/h14-21,26,30-31H,4-13H2,1-3H3,(H,34,35)/t14-,15-,16+,17-,18+,19+,20+,21+,26?,27+,28-/m1/s1. The van der Waals surface area contributed by atoms with Crippen molar-refractivity contribution in [2.45, 2.75) is 103 Å². The number of nitrogens with zero attached hydrogens (tertiary/aromatic N) is 1. The average molecular weight is 504 g/mol. The molecule has 5 rings (SSSR count). The zero-order valence-electron chi connectivity index (χ0n) is 21.7. The second kappa shape index (κ2) is 8.90. The van der Waals surface area contributed by atoms with Crippen LogP contribution in [0.15, 0.2) is 0 Å². The lowest BCUT2D eigenvalue weighted by Crippen LogP contribution is -2.69. The molecule has 36 heavy (non-hydrogen) atoms. The molecular formula is C28H41NO7. The Balaban J connectivity index is 1.50. The Labute approximate surface area is 212 Å². The van der Waals surface area contributed by atoms with Gasteiger partial charge in [0, 0.05) is 24.7 Å². The number of carbonyl (C=O) groups is 4. The van der Waals surface area contributed by atoms with E-state index in [0.29, 0.717) is 19.3 Å². The van der Waals surface area contributed by atoms with Gasteiger partial charge in [0.05, 0.1) is 6.10 Å². The van der Waals surface area contributed by atoms with Crippen LogP contribution in [-0.4, -0.2) is 62.0 Å². The van der Waals surface area contributed by atoms with Crippen molar-refractivity contribution in [3.8, 4) is 0 Å². The van der Waals surface area contributed by atoms with Gasteiger partial charge in [0.1, 0.15) is 12.1 Å². The molecule has 0 radical (unpaired) electrons. The molecule has 200 valence electrons. The van der Waals surface area contributed by atoms with E-state index in [1.807, 2.05) is 6.92 Å². The van der Waals surface area contributed by atoms with Gasteiger partial charge in [0.2, 0.25) is 11.8 Å². The number of ketones is 1. The number of aliphatic hydroxyl groups excluding tert-OH is 2. The van der Waals surface area contributed by atoms with Crippen molar-refractivity contribution in [2.75, 3.05) is 0 Å². The van der Waals surface area contributed by atoms with E-state index in [0.717, 1.165) is 25.7 Å². The van der Waals surface area contributed by atoms with Crippen molar-refractivity contribution in [1.82, 2.24) is 4.90 Å². The highest BCUT2D eigenvalue weighted by molar-refractivity contribution is 6.07. The summed E-state index contributed by atoms with van der Waals surface area (Å²) in [5.41, 5.74) is -1.00. The Morgan fingerprint density at radius 1 is 0.972 bits per heavy atom. The molecule has 0 bridgehead atoms. The fraction of sp³-hybridized carbons (Fsp3) is 0.857. The normalized spacial score (nSPS) is 47.4. The van der Waals surface area contributed by atoms with Crippen molar-refractivity contribution in [1.29, 1.82) is 0 Å². The predicted molar refractivity (Wildman–Crippen MR) is 129 cm³/mol. The average Bonchev–Trinajstić information content (AvgIpc) is 3.34. The molecule has 8 nitrogen and oxygen atoms in total. The number of Topliss-reactive ketones (excluding diaryl/α,β-unsaturated/α-hetero) is 1. The molecule has 5 aliphatic rings. The second-order valence-electron chi connectivity index (χ2n) is 12.9. The SMILES string of the molecule is C[C@H](CCC(=O)O)[C@H]1CC[C@H]2[C@@H]3CC[C@@H]4C[C@H](O)C(=O)C(N5C(=O)CCC5=O)[C@]4(C)[C@H]3C[C@H](O)[C@]12C. The van der Waals surface area contributed by atoms with Gasteiger partial charge < -0.3 is 15.3 Å². The summed E-state index contributed by atoms with van der Waals surface area (Å²) < 4.78 is 0. The molecule has 1 heterocycles. The molecular weight excluding hydrogens is 462 g/mol. The van der Waals surface area contributed by atoms with Gasteiger partial charge in [-0.25, -0.2) is 0 Å². The fourth-order valence-corrected chi connectivity index (χ4v) is 9.91. The van der Waals surface area contributed by atoms with Gasteiger partial charge in [0.15, 0.2) is 5.78 Å². The van der Waals surface area contributed by atoms with Gasteiger partial charge in [-0.1, -0.05) is 20.8 Å². The van der Waals surface area contributed by atoms with Crippen LogP contribution in [-0.2, 0) is 19.2 Å². The summed E-state index contributed by atoms with van der Waals surface area (Å²) in [4.78, 5) is 51.5. The van der Waals surface area contributed by atoms with Crippen LogP contribution in [0.1, 0.15) is 85.0 Å². The summed E-state index contributed by atoms with van der Waals surface area (Å²) in [5.74, 6) is -0.980. The number of aliphatic carboxylic acids is 1. The van der Waals surface area contributed by atoms with E-state index in [1.54, 1.807) is 0 Å². The van der Waals surface area contributed by atoms with Crippen LogP contribution in [0.2, 0.25) is 0 Å². The fourth-order valence-electron chi connectivity index (χ4n) is 9.91. The van der Waals surface area contributed by atoms with Gasteiger partial charge in [-0.2, -0.15) is 0 Å². The summed E-state index contributed by atoms with van der Waals surface area (Å²) in [6.45, 7) is 6.34. The monoisotopic (exact) mass is 503 g/mol. The number of imide groups is 1. The maximum Gasteiger partial charge on any atom is 0.303 e. The third-order valence-electron chi connectivity index (χ3n) is 11.7. The smallest absolute Gasteiger partial charge is 0.303 e. The molecule has 0 spiro atoms. The molecule has 0 aromatic carbocycles. The van der Waals surface area contributed by atoms with E-state index < -0.39 is 35.4 Å². The van der Waals surface area contributed by atoms with Gasteiger partial charge in [-0.05, 0) is 85.9 Å². The number of fused-ring (bicyclic) bond motifs is 5. The number of hydrogen-bond acceptors (Lipinski definition) is 6. The maximum absolute atomic E-state index is 13.5. The van der Waals surface area contributed by atoms with Crippen LogP contribution in [0.25, 0.3) is 0 Å². The highest BCUT2D eigenvalue weighted by Crippen LogP contribution is 2.68. The zero-order chi connectivity index (χ0) is 26.2. The molecule has 0 aromatic heterocycles. The molecule has 2 amide bonds. The van der Waals surface area contributed by atoms with Gasteiger partial charge >= 0.3 is 5.97 Å². The molecule has 4 aliphatic carbocycles. The Kier molecular flexibility index (Phi) is 6.38. The van der Waals surface area contributed by atoms with E-state index >= 15 is 0 Å². The summed E-state index contributed by atoms with van der Waals surface area (Å²) >= 11 is 0. The largest absolute Gasteiger partial charge is 0.481 e. The lowest BCUT2D eigenvalue weighted by molar-refractivity contribution is -0.198. The minimum absolute atomic E-state index is 0.000830. The molecule has 8 heteroatoms. The van der Waals surface area contributed by atoms with Gasteiger partial charge in [-0.3, -0.25) is 24.1 Å². The number of carbonyl (C=O) groups excluding carboxylic acids is 3. The second-order valence-corrected chi connectivity index (χ2v) is 12.9. The number of carboxylic acids is 1. The van der Waals surface area contributed by atoms with E-state index in [-0.39, 0.29) is 72.0 Å². The van der Waals surface area contributed by atoms with Crippen LogP contribution in [0, 0.1) is 46.3 Å². The van der Waals surface area contributed by atoms with E-state index in [2.05, 4.69) is 13.8 Å². The number of hydrogen-bond donors (Lipinski definition) is 3. The molecule has 0 aromatic rings. The topological polar surface area (TPSA) is 132 Å². The minimum atomic E-state index is -1.17. The minimum Gasteiger partial charge on any atom is -0.481 e. The van der Waals surface area contributed by atoms with E-state index in [4.69, 9.17) is 0 Å². The van der Waals surface area contributed by atoms with E-state index in [1.165, 1.54) is 4.90 Å². The Hall–Kier alpha value is -1.80.